The third-order valence-electron chi connectivity index (χ3n) is 14.3. The van der Waals surface area contributed by atoms with Gasteiger partial charge in [-0.1, -0.05) is 92.7 Å². The number of carbonyl (C=O) groups excluding carboxylic acids is 4. The van der Waals surface area contributed by atoms with Crippen molar-refractivity contribution in [2.24, 2.45) is 17.3 Å². The summed E-state index contributed by atoms with van der Waals surface area (Å²) < 4.78 is 9.73. The molecule has 4 fully saturated rings. The van der Waals surface area contributed by atoms with Crippen molar-refractivity contribution in [1.29, 1.82) is 0 Å². The van der Waals surface area contributed by atoms with Gasteiger partial charge in [0.25, 0.3) is 5.91 Å². The number of methoxy groups -OCH3 is 2. The third-order valence-corrected chi connectivity index (χ3v) is 14.3. The topological polar surface area (TPSA) is 175 Å². The molecule has 4 heterocycles. The summed E-state index contributed by atoms with van der Waals surface area (Å²) in [6.07, 6.45) is 8.28. The van der Waals surface area contributed by atoms with Gasteiger partial charge in [0.05, 0.1) is 50.1 Å². The van der Waals surface area contributed by atoms with Crippen molar-refractivity contribution in [1.82, 2.24) is 40.4 Å². The molecule has 4 N–H and O–H groups in total. The van der Waals surface area contributed by atoms with Crippen LogP contribution in [0.5, 0.6) is 0 Å². The van der Waals surface area contributed by atoms with Crippen LogP contribution in [-0.2, 0) is 19.1 Å². The summed E-state index contributed by atoms with van der Waals surface area (Å²) in [5, 5.41) is 7.74. The van der Waals surface area contributed by atoms with Gasteiger partial charge in [-0.05, 0) is 101 Å². The van der Waals surface area contributed by atoms with Crippen LogP contribution in [0.4, 0.5) is 9.59 Å². The molecule has 6 atom stereocenters. The van der Waals surface area contributed by atoms with Crippen LogP contribution in [-0.4, -0.2) is 86.6 Å². The quantitative estimate of drug-likeness (QED) is 0.0999. The molecule has 2 bridgehead atoms. The zero-order chi connectivity index (χ0) is 45.0. The number of carbonyl (C=O) groups is 4. The van der Waals surface area contributed by atoms with E-state index in [9.17, 15) is 19.2 Å². The number of nitrogens with zero attached hydrogens (tertiary/aromatic N) is 4. The van der Waals surface area contributed by atoms with Gasteiger partial charge in [0.1, 0.15) is 23.7 Å². The van der Waals surface area contributed by atoms with E-state index in [4.69, 9.17) is 19.4 Å². The maximum Gasteiger partial charge on any atom is 0.407 e. The van der Waals surface area contributed by atoms with Crippen molar-refractivity contribution in [2.45, 2.75) is 82.6 Å². The van der Waals surface area contributed by atoms with Gasteiger partial charge < -0.3 is 39.9 Å². The molecule has 4 amide bonds. The van der Waals surface area contributed by atoms with Crippen molar-refractivity contribution in [3.63, 3.8) is 0 Å². The molecule has 10 rings (SSSR count). The van der Waals surface area contributed by atoms with E-state index >= 15 is 0 Å². The molecule has 14 nitrogen and oxygen atoms in total. The number of imidazole rings is 2. The Labute approximate surface area is 377 Å². The van der Waals surface area contributed by atoms with Gasteiger partial charge in [-0.2, -0.15) is 0 Å². The zero-order valence-corrected chi connectivity index (χ0v) is 37.0. The highest BCUT2D eigenvalue weighted by Crippen LogP contribution is 2.58. The smallest absolute Gasteiger partial charge is 0.407 e. The molecule has 14 heteroatoms. The largest absolute Gasteiger partial charge is 0.453 e. The molecule has 2 saturated carbocycles. The number of aromatic nitrogens is 4. The Bertz CT molecular complexity index is 2760. The summed E-state index contributed by atoms with van der Waals surface area (Å²) in [7, 11) is 2.61. The highest BCUT2D eigenvalue weighted by molar-refractivity contribution is 5.91. The van der Waals surface area contributed by atoms with Crippen LogP contribution in [0, 0.1) is 17.3 Å². The lowest BCUT2D eigenvalue weighted by Crippen LogP contribution is -2.51. The Hall–Kier alpha value is -6.96. The Kier molecular flexibility index (Phi) is 10.9. The number of nitrogens with one attached hydrogen (secondary N) is 4. The van der Waals surface area contributed by atoms with Gasteiger partial charge in [-0.15, -0.1) is 0 Å². The van der Waals surface area contributed by atoms with Gasteiger partial charge in [0.2, 0.25) is 5.91 Å². The van der Waals surface area contributed by atoms with E-state index in [2.05, 4.69) is 81.3 Å². The minimum atomic E-state index is -0.874. The van der Waals surface area contributed by atoms with Crippen molar-refractivity contribution >= 4 is 34.8 Å². The zero-order valence-electron chi connectivity index (χ0n) is 37.0. The third kappa shape index (κ3) is 7.99. The molecule has 1 spiro atoms. The molecule has 2 saturated heterocycles. The van der Waals surface area contributed by atoms with Crippen LogP contribution in [0.1, 0.15) is 87.7 Å². The number of alkyl carbamates (subject to hydrolysis) is 2. The predicted molar refractivity (Wildman–Crippen MR) is 245 cm³/mol. The van der Waals surface area contributed by atoms with Crippen molar-refractivity contribution in [3.05, 3.63) is 121 Å². The van der Waals surface area contributed by atoms with Crippen molar-refractivity contribution < 1.29 is 28.7 Å². The van der Waals surface area contributed by atoms with Crippen LogP contribution in [0.15, 0.2) is 103 Å². The molecule has 2 aliphatic carbocycles. The van der Waals surface area contributed by atoms with E-state index in [1.54, 1.807) is 0 Å². The fourth-order valence-electron chi connectivity index (χ4n) is 10.6. The Morgan fingerprint density at radius 2 is 1.34 bits per heavy atom. The Balaban J connectivity index is 0.838. The number of rotatable bonds is 11. The average molecular weight is 875 g/mol. The second kappa shape index (κ2) is 16.9. The molecule has 4 aliphatic rings. The van der Waals surface area contributed by atoms with E-state index in [0.717, 1.165) is 94.6 Å². The molecule has 2 aliphatic heterocycles. The highest BCUT2D eigenvalue weighted by atomic mass is 16.5. The number of amides is 4. The van der Waals surface area contributed by atoms with Crippen molar-refractivity contribution in [2.75, 3.05) is 20.8 Å². The minimum absolute atomic E-state index is 0.0761. The molecule has 334 valence electrons. The lowest BCUT2D eigenvalue weighted by molar-refractivity contribution is -0.138. The second-order valence-corrected chi connectivity index (χ2v) is 18.7. The molecule has 2 aromatic heterocycles. The molecule has 65 heavy (non-hydrogen) atoms. The van der Waals surface area contributed by atoms with Crippen LogP contribution >= 0.6 is 0 Å². The van der Waals surface area contributed by atoms with Gasteiger partial charge in [-0.25, -0.2) is 19.6 Å². The number of likely N-dealkylation sites (tertiary alicyclic amines) is 2. The van der Waals surface area contributed by atoms with Crippen LogP contribution in [0.25, 0.3) is 44.4 Å². The first-order chi connectivity index (χ1) is 31.5. The number of ether oxygens (including phenoxy) is 2. The van der Waals surface area contributed by atoms with Gasteiger partial charge >= 0.3 is 12.2 Å². The number of benzene rings is 4. The average Bonchev–Trinajstić information content (AvgIpc) is 3.97. The summed E-state index contributed by atoms with van der Waals surface area (Å²) >= 11 is 0. The lowest BCUT2D eigenvalue weighted by atomic mass is 9.96. The number of fused-ring (bicyclic) bond motifs is 3. The predicted octanol–water partition coefficient (Wildman–Crippen LogP) is 8.87. The second-order valence-electron chi connectivity index (χ2n) is 18.7. The molecular weight excluding hydrogens is 821 g/mol. The van der Waals surface area contributed by atoms with Gasteiger partial charge in [0.15, 0.2) is 0 Å². The fourth-order valence-corrected chi connectivity index (χ4v) is 10.6. The molecule has 4 unspecified atom stereocenters. The fraction of sp³-hybridized carbons (Fsp3) is 0.373. The van der Waals surface area contributed by atoms with E-state index < -0.39 is 24.3 Å². The number of aromatic amines is 2. The van der Waals surface area contributed by atoms with E-state index in [1.165, 1.54) is 14.2 Å². The van der Waals surface area contributed by atoms with E-state index in [0.29, 0.717) is 12.1 Å². The molecule has 0 radical (unpaired) electrons. The lowest BCUT2D eigenvalue weighted by Gasteiger charge is -2.36. The molecule has 6 aromatic rings. The van der Waals surface area contributed by atoms with Gasteiger partial charge in [-0.3, -0.25) is 9.59 Å². The summed E-state index contributed by atoms with van der Waals surface area (Å²) in [6, 6.07) is 28.7. The Morgan fingerprint density at radius 1 is 0.723 bits per heavy atom. The normalized spacial score (nSPS) is 21.4. The monoisotopic (exact) mass is 874 g/mol. The number of piperidine rings is 1. The van der Waals surface area contributed by atoms with Crippen molar-refractivity contribution in [3.8, 4) is 33.6 Å². The maximum absolute atomic E-state index is 14.3. The highest BCUT2D eigenvalue weighted by Gasteiger charge is 2.55. The summed E-state index contributed by atoms with van der Waals surface area (Å²) in [5.74, 6) is 1.40. The summed E-state index contributed by atoms with van der Waals surface area (Å²) in [4.78, 5) is 73.4. The molecule has 4 aromatic carbocycles. The first kappa shape index (κ1) is 42.0. The standard InChI is InChI=1S/C51H54N8O6/c1-29(2)42(56-49(62)64-3)47(60)58-28-51(20-21-51)25-41(58)45-52-27-40(54-45)36-17-16-34-22-33(14-15-35(34)23-36)30-10-12-31(13-11-30)39-26-53-46(55-39)44-37-18-19-38(24-37)59(44)48(61)43(57-50(63)65-4)32-8-6-5-7-9-32/h5-17,22-23,26-27,29,37-38,41-44H,18-21,24-25,28H2,1-4H3,(H,52,54)(H,53,55)(H,56,62)(H,57,63)/t37?,38?,41-,42-,43?,44?/m0/s1. The Morgan fingerprint density at radius 3 is 2.03 bits per heavy atom. The van der Waals surface area contributed by atoms with Crippen LogP contribution < -0.4 is 10.6 Å². The summed E-state index contributed by atoms with van der Waals surface area (Å²) in [5.41, 5.74) is 6.74. The first-order valence-corrected chi connectivity index (χ1v) is 22.6. The maximum atomic E-state index is 14.3. The first-order valence-electron chi connectivity index (χ1n) is 22.6. The number of H-pyrrole nitrogens is 2. The van der Waals surface area contributed by atoms with Crippen LogP contribution in [0.3, 0.4) is 0 Å². The molecular formula is C51H54N8O6. The number of hydrogen-bond donors (Lipinski definition) is 4. The van der Waals surface area contributed by atoms with Gasteiger partial charge in [0, 0.05) is 18.2 Å². The SMILES string of the molecule is COC(=O)NC(C(=O)N1C2CCC(C2)C1c1ncc(-c2ccc(-c3ccc4cc(-c5cnc([C@@H]6CC7(CC7)CN6C(=O)[C@@H](NC(=O)OC)C(C)C)[nH]5)ccc4c3)cc2)[nH]1)c1ccccc1. The summed E-state index contributed by atoms with van der Waals surface area (Å²) in [6.45, 7) is 4.51. The number of hydrogen-bond acceptors (Lipinski definition) is 8. The van der Waals surface area contributed by atoms with E-state index in [1.807, 2.05) is 66.4 Å². The minimum Gasteiger partial charge on any atom is -0.453 e. The van der Waals surface area contributed by atoms with E-state index in [-0.39, 0.29) is 47.2 Å². The van der Waals surface area contributed by atoms with Crippen LogP contribution in [0.2, 0.25) is 0 Å².